The van der Waals surface area contributed by atoms with Crippen LogP contribution in [0.25, 0.3) is 0 Å². The first-order chi connectivity index (χ1) is 8.56. The third-order valence-electron chi connectivity index (χ3n) is 3.79. The Hall–Kier alpha value is -0.420. The summed E-state index contributed by atoms with van der Waals surface area (Å²) in [6, 6.07) is 0.192. The average molecular weight is 274 g/mol. The van der Waals surface area contributed by atoms with Crippen molar-refractivity contribution in [1.29, 1.82) is 0 Å². The molecule has 0 spiro atoms. The molecule has 0 aromatic carbocycles. The summed E-state index contributed by atoms with van der Waals surface area (Å²) in [5, 5.41) is 15.7. The van der Waals surface area contributed by atoms with Crippen LogP contribution < -0.4 is 10.6 Å². The molecule has 0 heterocycles. The predicted octanol–water partition coefficient (Wildman–Crippen LogP) is 1.98. The van der Waals surface area contributed by atoms with E-state index in [4.69, 9.17) is 5.11 Å². The van der Waals surface area contributed by atoms with E-state index in [0.717, 1.165) is 12.8 Å². The van der Waals surface area contributed by atoms with Gasteiger partial charge in [0.2, 0.25) is 0 Å². The van der Waals surface area contributed by atoms with Gasteiger partial charge in [-0.25, -0.2) is 4.79 Å². The van der Waals surface area contributed by atoms with Crippen molar-refractivity contribution in [1.82, 2.24) is 10.6 Å². The van der Waals surface area contributed by atoms with Crippen molar-refractivity contribution in [2.45, 2.75) is 56.9 Å². The van der Waals surface area contributed by atoms with Gasteiger partial charge in [0.15, 0.2) is 0 Å². The minimum absolute atomic E-state index is 0.00469. The van der Waals surface area contributed by atoms with Gasteiger partial charge in [-0.3, -0.25) is 0 Å². The molecule has 106 valence electrons. The first kappa shape index (κ1) is 15.6. The van der Waals surface area contributed by atoms with E-state index in [1.807, 2.05) is 25.6 Å². The summed E-state index contributed by atoms with van der Waals surface area (Å²) in [5.74, 6) is 0.0843. The van der Waals surface area contributed by atoms with E-state index in [2.05, 4.69) is 16.9 Å². The number of nitrogens with one attached hydrogen (secondary N) is 2. The number of carbonyl (C=O) groups is 1. The highest BCUT2D eigenvalue weighted by Gasteiger charge is 2.23. The fourth-order valence-electron chi connectivity index (χ4n) is 2.22. The van der Waals surface area contributed by atoms with Crippen molar-refractivity contribution in [3.05, 3.63) is 0 Å². The first-order valence-corrected chi connectivity index (χ1v) is 8.06. The second kappa shape index (κ2) is 7.89. The monoisotopic (exact) mass is 274 g/mol. The molecule has 5 heteroatoms. The zero-order valence-corrected chi connectivity index (χ0v) is 12.4. The fourth-order valence-corrected chi connectivity index (χ4v) is 3.05. The lowest BCUT2D eigenvalue weighted by atomic mass is 9.95. The van der Waals surface area contributed by atoms with Crippen LogP contribution in [-0.2, 0) is 0 Å². The standard InChI is InChI=1S/C13H26N2O2S/c1-9(8-16)10(2)14-13(17)15-11-5-4-6-12(7-11)18-3/h9-12,16H,4-8H2,1-3H3,(H2,14,15,17). The third-order valence-corrected chi connectivity index (χ3v) is 4.89. The van der Waals surface area contributed by atoms with Crippen LogP contribution in [0.1, 0.15) is 39.5 Å². The summed E-state index contributed by atoms with van der Waals surface area (Å²) in [5.41, 5.74) is 0. The Labute approximate surface area is 114 Å². The number of aliphatic hydroxyl groups is 1. The van der Waals surface area contributed by atoms with Crippen molar-refractivity contribution in [2.75, 3.05) is 12.9 Å². The topological polar surface area (TPSA) is 61.4 Å². The van der Waals surface area contributed by atoms with Gasteiger partial charge < -0.3 is 15.7 Å². The summed E-state index contributed by atoms with van der Waals surface area (Å²) < 4.78 is 0. The van der Waals surface area contributed by atoms with Gasteiger partial charge in [-0.1, -0.05) is 13.3 Å². The lowest BCUT2D eigenvalue weighted by Gasteiger charge is -2.29. The summed E-state index contributed by atoms with van der Waals surface area (Å²) in [7, 11) is 0. The van der Waals surface area contributed by atoms with Crippen LogP contribution >= 0.6 is 11.8 Å². The largest absolute Gasteiger partial charge is 0.396 e. The van der Waals surface area contributed by atoms with Crippen molar-refractivity contribution >= 4 is 17.8 Å². The first-order valence-electron chi connectivity index (χ1n) is 6.77. The van der Waals surface area contributed by atoms with Gasteiger partial charge in [0.05, 0.1) is 0 Å². The Balaban J connectivity index is 2.31. The molecule has 3 N–H and O–H groups in total. The Morgan fingerprint density at radius 1 is 1.44 bits per heavy atom. The van der Waals surface area contributed by atoms with Crippen molar-refractivity contribution < 1.29 is 9.90 Å². The molecule has 0 saturated heterocycles. The Kier molecular flexibility index (Phi) is 6.86. The molecular formula is C13H26N2O2S. The van der Waals surface area contributed by atoms with Crippen LogP contribution in [0.2, 0.25) is 0 Å². The molecule has 1 saturated carbocycles. The van der Waals surface area contributed by atoms with Crippen molar-refractivity contribution in [3.63, 3.8) is 0 Å². The molecule has 0 radical (unpaired) electrons. The van der Waals surface area contributed by atoms with E-state index in [-0.39, 0.29) is 24.6 Å². The summed E-state index contributed by atoms with van der Waals surface area (Å²) in [6.45, 7) is 3.95. The normalized spacial score (nSPS) is 27.3. The molecule has 0 aromatic rings. The van der Waals surface area contributed by atoms with Crippen LogP contribution in [0.3, 0.4) is 0 Å². The van der Waals surface area contributed by atoms with Gasteiger partial charge in [0.1, 0.15) is 0 Å². The number of aliphatic hydroxyl groups excluding tert-OH is 1. The third kappa shape index (κ3) is 5.06. The highest BCUT2D eigenvalue weighted by atomic mass is 32.2. The number of hydrogen-bond acceptors (Lipinski definition) is 3. The molecule has 1 fully saturated rings. The molecule has 18 heavy (non-hydrogen) atoms. The number of hydrogen-bond donors (Lipinski definition) is 3. The maximum Gasteiger partial charge on any atom is 0.315 e. The lowest BCUT2D eigenvalue weighted by molar-refractivity contribution is 0.197. The summed E-state index contributed by atoms with van der Waals surface area (Å²) >= 11 is 1.89. The zero-order chi connectivity index (χ0) is 13.5. The summed E-state index contributed by atoms with van der Waals surface area (Å²) in [4.78, 5) is 11.8. The van der Waals surface area contributed by atoms with Gasteiger partial charge in [0.25, 0.3) is 0 Å². The SMILES string of the molecule is CSC1CCCC(NC(=O)NC(C)C(C)CO)C1. The zero-order valence-electron chi connectivity index (χ0n) is 11.6. The molecule has 2 amide bonds. The Morgan fingerprint density at radius 3 is 2.78 bits per heavy atom. The minimum atomic E-state index is -0.102. The van der Waals surface area contributed by atoms with E-state index in [1.165, 1.54) is 12.8 Å². The second-order valence-electron chi connectivity index (χ2n) is 5.29. The number of urea groups is 1. The molecule has 4 nitrogen and oxygen atoms in total. The van der Waals surface area contributed by atoms with Crippen LogP contribution in [0.4, 0.5) is 4.79 Å². The second-order valence-corrected chi connectivity index (χ2v) is 6.43. The number of amides is 2. The van der Waals surface area contributed by atoms with Crippen LogP contribution in [0.5, 0.6) is 0 Å². The van der Waals surface area contributed by atoms with Crippen molar-refractivity contribution in [2.24, 2.45) is 5.92 Å². The maximum absolute atomic E-state index is 11.8. The minimum Gasteiger partial charge on any atom is -0.396 e. The van der Waals surface area contributed by atoms with Gasteiger partial charge in [0, 0.05) is 23.9 Å². The molecule has 1 rings (SSSR count). The number of rotatable bonds is 5. The van der Waals surface area contributed by atoms with E-state index in [0.29, 0.717) is 11.3 Å². The fraction of sp³-hybridized carbons (Fsp3) is 0.923. The van der Waals surface area contributed by atoms with Crippen LogP contribution in [0.15, 0.2) is 0 Å². The summed E-state index contributed by atoms with van der Waals surface area (Å²) in [6.07, 6.45) is 6.74. The van der Waals surface area contributed by atoms with E-state index < -0.39 is 0 Å². The van der Waals surface area contributed by atoms with Crippen LogP contribution in [0, 0.1) is 5.92 Å². The van der Waals surface area contributed by atoms with Gasteiger partial charge in [-0.15, -0.1) is 0 Å². The molecule has 4 unspecified atom stereocenters. The Bertz CT molecular complexity index is 263. The molecule has 1 aliphatic rings. The number of thioether (sulfide) groups is 1. The number of carbonyl (C=O) groups excluding carboxylic acids is 1. The predicted molar refractivity (Wildman–Crippen MR) is 76.9 cm³/mol. The van der Waals surface area contributed by atoms with Crippen LogP contribution in [-0.4, -0.2) is 41.3 Å². The molecule has 4 atom stereocenters. The van der Waals surface area contributed by atoms with Crippen molar-refractivity contribution in [3.8, 4) is 0 Å². The maximum atomic E-state index is 11.8. The quantitative estimate of drug-likeness (QED) is 0.718. The molecule has 1 aliphatic carbocycles. The highest BCUT2D eigenvalue weighted by Crippen LogP contribution is 2.26. The highest BCUT2D eigenvalue weighted by molar-refractivity contribution is 7.99. The van der Waals surface area contributed by atoms with E-state index in [1.54, 1.807) is 0 Å². The van der Waals surface area contributed by atoms with E-state index in [9.17, 15) is 4.79 Å². The smallest absolute Gasteiger partial charge is 0.315 e. The lowest BCUT2D eigenvalue weighted by Crippen LogP contribution is -2.49. The molecule has 0 bridgehead atoms. The molecular weight excluding hydrogens is 248 g/mol. The molecule has 0 aromatic heterocycles. The Morgan fingerprint density at radius 2 is 2.17 bits per heavy atom. The van der Waals surface area contributed by atoms with Gasteiger partial charge in [-0.05, 0) is 38.4 Å². The molecule has 0 aliphatic heterocycles. The van der Waals surface area contributed by atoms with E-state index >= 15 is 0 Å². The van der Waals surface area contributed by atoms with Gasteiger partial charge >= 0.3 is 6.03 Å². The average Bonchev–Trinajstić information content (AvgIpc) is 2.37. The van der Waals surface area contributed by atoms with Gasteiger partial charge in [-0.2, -0.15) is 11.8 Å².